The van der Waals surface area contributed by atoms with Crippen molar-refractivity contribution in [3.8, 4) is 33.5 Å². The van der Waals surface area contributed by atoms with E-state index in [1.807, 2.05) is 17.5 Å². The van der Waals surface area contributed by atoms with E-state index in [1.54, 1.807) is 0 Å². The summed E-state index contributed by atoms with van der Waals surface area (Å²) >= 11 is 1.91. The summed E-state index contributed by atoms with van der Waals surface area (Å²) in [7, 11) is 0. The summed E-state index contributed by atoms with van der Waals surface area (Å²) in [5, 5.41) is 2.64. The summed E-state index contributed by atoms with van der Waals surface area (Å²) in [5.41, 5.74) is 8.87. The van der Waals surface area contributed by atoms with Crippen LogP contribution in [0.1, 0.15) is 43.6 Å². The predicted molar refractivity (Wildman–Crippen MR) is 159 cm³/mol. The molecule has 1 aliphatic rings. The van der Waals surface area contributed by atoms with Gasteiger partial charge in [0.15, 0.2) is 0 Å². The van der Waals surface area contributed by atoms with Crippen LogP contribution in [0.4, 0.5) is 0 Å². The fourth-order valence-electron chi connectivity index (χ4n) is 6.02. The highest BCUT2D eigenvalue weighted by atomic mass is 32.1. The van der Waals surface area contributed by atoms with E-state index in [2.05, 4.69) is 103 Å². The number of rotatable bonds is 4. The molecule has 0 bridgehead atoms. The van der Waals surface area contributed by atoms with Crippen molar-refractivity contribution in [2.75, 3.05) is 0 Å². The van der Waals surface area contributed by atoms with Crippen LogP contribution in [0.15, 0.2) is 109 Å². The quantitative estimate of drug-likeness (QED) is 0.237. The van der Waals surface area contributed by atoms with Crippen LogP contribution in [-0.4, -0.2) is 4.98 Å². The molecule has 0 atom stereocenters. The number of nitrogens with zero attached hydrogens (tertiary/aromatic N) is 1. The van der Waals surface area contributed by atoms with Gasteiger partial charge in [-0.05, 0) is 65.3 Å². The summed E-state index contributed by atoms with van der Waals surface area (Å²) in [6, 6.07) is 37.6. The topological polar surface area (TPSA) is 12.9 Å². The van der Waals surface area contributed by atoms with Crippen molar-refractivity contribution < 1.29 is 0 Å². The van der Waals surface area contributed by atoms with Gasteiger partial charge in [-0.3, -0.25) is 4.98 Å². The number of fused-ring (bicyclic) bond motifs is 3. The van der Waals surface area contributed by atoms with Gasteiger partial charge in [-0.1, -0.05) is 98.1 Å². The summed E-state index contributed by atoms with van der Waals surface area (Å²) in [6.45, 7) is 0. The number of thiophene rings is 1. The summed E-state index contributed by atoms with van der Waals surface area (Å²) < 4.78 is 2.67. The first-order chi connectivity index (χ1) is 18.3. The van der Waals surface area contributed by atoms with Crippen molar-refractivity contribution in [3.63, 3.8) is 0 Å². The van der Waals surface area contributed by atoms with Gasteiger partial charge in [0, 0.05) is 37.5 Å². The first-order valence-electron chi connectivity index (χ1n) is 13.4. The number of benzene rings is 4. The van der Waals surface area contributed by atoms with E-state index in [0.29, 0.717) is 5.92 Å². The highest BCUT2D eigenvalue weighted by Crippen LogP contribution is 2.45. The molecule has 0 radical (unpaired) electrons. The number of hydrogen-bond donors (Lipinski definition) is 0. The van der Waals surface area contributed by atoms with E-state index in [4.69, 9.17) is 4.98 Å². The second-order valence-corrected chi connectivity index (χ2v) is 11.2. The normalized spacial score (nSPS) is 14.4. The van der Waals surface area contributed by atoms with E-state index in [0.717, 1.165) is 5.69 Å². The van der Waals surface area contributed by atoms with E-state index in [-0.39, 0.29) is 0 Å². The second kappa shape index (κ2) is 9.61. The van der Waals surface area contributed by atoms with Crippen LogP contribution in [0.2, 0.25) is 0 Å². The van der Waals surface area contributed by atoms with Crippen molar-refractivity contribution in [3.05, 3.63) is 115 Å². The van der Waals surface area contributed by atoms with Crippen molar-refractivity contribution in [1.29, 1.82) is 0 Å². The summed E-state index contributed by atoms with van der Waals surface area (Å²) in [5.74, 6) is 0.676. The molecule has 37 heavy (non-hydrogen) atoms. The SMILES string of the molecule is c1ccc(-c2cc(-c3ccccc3)c3sc4c(-c5cc(C6CCCCC6)ccn5)cccc4c3c2)cc1. The number of aromatic nitrogens is 1. The fourth-order valence-corrected chi connectivity index (χ4v) is 7.36. The average molecular weight is 496 g/mol. The van der Waals surface area contributed by atoms with Gasteiger partial charge in [0.1, 0.15) is 0 Å². The molecule has 180 valence electrons. The molecule has 2 heterocycles. The molecule has 2 aromatic heterocycles. The van der Waals surface area contributed by atoms with Crippen LogP contribution in [-0.2, 0) is 0 Å². The Morgan fingerprint density at radius 2 is 1.30 bits per heavy atom. The van der Waals surface area contributed by atoms with Gasteiger partial charge in [-0.25, -0.2) is 0 Å². The Kier molecular flexibility index (Phi) is 5.83. The maximum atomic E-state index is 4.88. The van der Waals surface area contributed by atoms with E-state index in [9.17, 15) is 0 Å². The first kappa shape index (κ1) is 22.4. The zero-order valence-corrected chi connectivity index (χ0v) is 21.7. The van der Waals surface area contributed by atoms with Crippen LogP contribution in [0, 0.1) is 0 Å². The highest BCUT2D eigenvalue weighted by molar-refractivity contribution is 7.26. The minimum Gasteiger partial charge on any atom is -0.256 e. The van der Waals surface area contributed by atoms with E-state index in [1.165, 1.54) is 85.7 Å². The minimum absolute atomic E-state index is 0.676. The Morgan fingerprint density at radius 3 is 2.08 bits per heavy atom. The second-order valence-electron chi connectivity index (χ2n) is 10.2. The fraction of sp³-hybridized carbons (Fsp3) is 0.171. The molecule has 1 aliphatic carbocycles. The van der Waals surface area contributed by atoms with Crippen molar-refractivity contribution in [2.24, 2.45) is 0 Å². The third-order valence-electron chi connectivity index (χ3n) is 7.93. The van der Waals surface area contributed by atoms with Crippen molar-refractivity contribution >= 4 is 31.5 Å². The van der Waals surface area contributed by atoms with Crippen LogP contribution >= 0.6 is 11.3 Å². The number of pyridine rings is 1. The number of hydrogen-bond acceptors (Lipinski definition) is 2. The molecular weight excluding hydrogens is 466 g/mol. The minimum atomic E-state index is 0.676. The third kappa shape index (κ3) is 4.16. The third-order valence-corrected chi connectivity index (χ3v) is 9.21. The van der Waals surface area contributed by atoms with Gasteiger partial charge in [-0.15, -0.1) is 11.3 Å². The maximum absolute atomic E-state index is 4.88. The Morgan fingerprint density at radius 1 is 0.568 bits per heavy atom. The van der Waals surface area contributed by atoms with Gasteiger partial charge in [-0.2, -0.15) is 0 Å². The van der Waals surface area contributed by atoms with Gasteiger partial charge in [0.05, 0.1) is 5.69 Å². The van der Waals surface area contributed by atoms with Crippen LogP contribution in [0.3, 0.4) is 0 Å². The van der Waals surface area contributed by atoms with E-state index < -0.39 is 0 Å². The van der Waals surface area contributed by atoms with Crippen LogP contribution in [0.5, 0.6) is 0 Å². The molecule has 0 N–H and O–H groups in total. The zero-order valence-electron chi connectivity index (χ0n) is 20.9. The molecule has 0 saturated heterocycles. The average Bonchev–Trinajstić information content (AvgIpc) is 3.37. The molecule has 0 aliphatic heterocycles. The molecule has 0 unspecified atom stereocenters. The lowest BCUT2D eigenvalue weighted by atomic mass is 9.84. The largest absolute Gasteiger partial charge is 0.256 e. The monoisotopic (exact) mass is 495 g/mol. The van der Waals surface area contributed by atoms with Gasteiger partial charge < -0.3 is 0 Å². The lowest BCUT2D eigenvalue weighted by Crippen LogP contribution is -2.04. The molecule has 0 spiro atoms. The Labute approximate surface area is 222 Å². The highest BCUT2D eigenvalue weighted by Gasteiger charge is 2.19. The predicted octanol–water partition coefficient (Wildman–Crippen LogP) is 10.5. The molecule has 6 aromatic rings. The molecule has 0 amide bonds. The lowest BCUT2D eigenvalue weighted by Gasteiger charge is -2.22. The molecule has 1 nitrogen and oxygen atoms in total. The first-order valence-corrected chi connectivity index (χ1v) is 14.2. The Hall–Kier alpha value is -3.75. The summed E-state index contributed by atoms with van der Waals surface area (Å²) in [4.78, 5) is 4.88. The molecule has 1 fully saturated rings. The van der Waals surface area contributed by atoms with E-state index >= 15 is 0 Å². The molecule has 1 saturated carbocycles. The van der Waals surface area contributed by atoms with Gasteiger partial charge >= 0.3 is 0 Å². The Bertz CT molecular complexity index is 1690. The molecular formula is C35H29NS. The Balaban J connectivity index is 1.45. The molecule has 2 heteroatoms. The maximum Gasteiger partial charge on any atom is 0.0719 e. The smallest absolute Gasteiger partial charge is 0.0719 e. The molecule has 7 rings (SSSR count). The van der Waals surface area contributed by atoms with Crippen molar-refractivity contribution in [2.45, 2.75) is 38.0 Å². The lowest BCUT2D eigenvalue weighted by molar-refractivity contribution is 0.443. The summed E-state index contributed by atoms with van der Waals surface area (Å²) in [6.07, 6.45) is 8.71. The van der Waals surface area contributed by atoms with Gasteiger partial charge in [0.25, 0.3) is 0 Å². The molecule has 4 aromatic carbocycles. The van der Waals surface area contributed by atoms with Gasteiger partial charge in [0.2, 0.25) is 0 Å². The standard InChI is InChI=1S/C35H29NS/c1-4-11-24(12-5-1)27-19-20-36-33(23-27)30-18-10-17-29-32-22-28(25-13-6-2-7-14-25)21-31(35(32)37-34(29)30)26-15-8-3-9-16-26/h2-3,6-10,13-24H,1,4-5,11-12H2. The van der Waals surface area contributed by atoms with Crippen LogP contribution in [0.25, 0.3) is 53.7 Å². The zero-order chi connectivity index (χ0) is 24.6. The van der Waals surface area contributed by atoms with Crippen molar-refractivity contribution in [1.82, 2.24) is 4.98 Å². The van der Waals surface area contributed by atoms with Crippen LogP contribution < -0.4 is 0 Å².